The van der Waals surface area contributed by atoms with Crippen molar-refractivity contribution in [2.75, 3.05) is 18.0 Å². The maximum Gasteiger partial charge on any atom is 0.140 e. The Morgan fingerprint density at radius 3 is 2.83 bits per heavy atom. The van der Waals surface area contributed by atoms with Crippen molar-refractivity contribution in [1.82, 2.24) is 9.97 Å². The first-order valence-electron chi connectivity index (χ1n) is 7.95. The molecule has 2 aromatic heterocycles. The molecule has 3 heterocycles. The van der Waals surface area contributed by atoms with Gasteiger partial charge in [0, 0.05) is 18.0 Å². The molecule has 5 heteroatoms. The smallest absolute Gasteiger partial charge is 0.140 e. The predicted octanol–water partition coefficient (Wildman–Crippen LogP) is 3.57. The van der Waals surface area contributed by atoms with Crippen LogP contribution in [0, 0.1) is 5.92 Å². The number of fused-ring (bicyclic) bond motifs is 1. The number of hydrogen-bond acceptors (Lipinski definition) is 5. The highest BCUT2D eigenvalue weighted by molar-refractivity contribution is 7.21. The lowest BCUT2D eigenvalue weighted by Gasteiger charge is -2.35. The molecule has 0 bridgehead atoms. The molecule has 0 spiro atoms. The standard InChI is InChI=1S/C18H19N3OS/c1-12-7-8-21(10-15(12)22)17-14-9-16(13-5-3-2-4-6-13)23-18(14)20-11-19-17/h2-6,9,11-12,15,22H,7-8,10H2,1H3. The summed E-state index contributed by atoms with van der Waals surface area (Å²) in [5.74, 6) is 1.30. The van der Waals surface area contributed by atoms with E-state index >= 15 is 0 Å². The van der Waals surface area contributed by atoms with Gasteiger partial charge >= 0.3 is 0 Å². The molecule has 2 atom stereocenters. The Bertz CT molecular complexity index is 818. The number of aliphatic hydroxyl groups is 1. The molecule has 118 valence electrons. The average molecular weight is 325 g/mol. The molecular weight excluding hydrogens is 306 g/mol. The third-order valence-electron chi connectivity index (χ3n) is 4.58. The van der Waals surface area contributed by atoms with Crippen LogP contribution in [-0.4, -0.2) is 34.3 Å². The van der Waals surface area contributed by atoms with E-state index in [9.17, 15) is 5.11 Å². The van der Waals surface area contributed by atoms with Crippen LogP contribution in [0.5, 0.6) is 0 Å². The van der Waals surface area contributed by atoms with Crippen molar-refractivity contribution in [2.24, 2.45) is 5.92 Å². The highest BCUT2D eigenvalue weighted by atomic mass is 32.1. The normalized spacial score (nSPS) is 21.7. The van der Waals surface area contributed by atoms with Gasteiger partial charge in [0.15, 0.2) is 0 Å². The van der Waals surface area contributed by atoms with Gasteiger partial charge in [0.25, 0.3) is 0 Å². The number of nitrogens with zero attached hydrogens (tertiary/aromatic N) is 3. The van der Waals surface area contributed by atoms with Crippen molar-refractivity contribution in [3.63, 3.8) is 0 Å². The number of rotatable bonds is 2. The first-order chi connectivity index (χ1) is 11.2. The van der Waals surface area contributed by atoms with Gasteiger partial charge in [-0.1, -0.05) is 37.3 Å². The zero-order valence-electron chi connectivity index (χ0n) is 13.0. The van der Waals surface area contributed by atoms with E-state index in [2.05, 4.69) is 52.1 Å². The van der Waals surface area contributed by atoms with Gasteiger partial charge in [0.05, 0.1) is 11.5 Å². The Balaban J connectivity index is 1.75. The van der Waals surface area contributed by atoms with E-state index in [-0.39, 0.29) is 6.10 Å². The number of aliphatic hydroxyl groups excluding tert-OH is 1. The lowest BCUT2D eigenvalue weighted by atomic mass is 9.96. The first kappa shape index (κ1) is 14.6. The maximum absolute atomic E-state index is 10.2. The monoisotopic (exact) mass is 325 g/mol. The quantitative estimate of drug-likeness (QED) is 0.782. The fraction of sp³-hybridized carbons (Fsp3) is 0.333. The van der Waals surface area contributed by atoms with Crippen LogP contribution in [0.1, 0.15) is 13.3 Å². The zero-order valence-corrected chi connectivity index (χ0v) is 13.8. The molecule has 1 saturated heterocycles. The maximum atomic E-state index is 10.2. The number of aromatic nitrogens is 2. The van der Waals surface area contributed by atoms with Crippen molar-refractivity contribution in [2.45, 2.75) is 19.4 Å². The van der Waals surface area contributed by atoms with Gasteiger partial charge in [0.2, 0.25) is 0 Å². The second-order valence-corrected chi connectivity index (χ2v) is 7.20. The van der Waals surface area contributed by atoms with Crippen LogP contribution in [-0.2, 0) is 0 Å². The van der Waals surface area contributed by atoms with Crippen molar-refractivity contribution < 1.29 is 5.11 Å². The van der Waals surface area contributed by atoms with Gasteiger partial charge in [-0.25, -0.2) is 9.97 Å². The minimum Gasteiger partial charge on any atom is -0.391 e. The van der Waals surface area contributed by atoms with Crippen LogP contribution >= 0.6 is 11.3 Å². The van der Waals surface area contributed by atoms with Crippen molar-refractivity contribution in [1.29, 1.82) is 0 Å². The Kier molecular flexibility index (Phi) is 3.75. The number of anilines is 1. The largest absolute Gasteiger partial charge is 0.391 e. The minimum atomic E-state index is -0.291. The number of hydrogen-bond donors (Lipinski definition) is 1. The molecule has 0 aliphatic carbocycles. The third kappa shape index (κ3) is 2.71. The SMILES string of the molecule is CC1CCN(c2ncnc3sc(-c4ccccc4)cc23)CC1O. The Labute approximate surface area is 139 Å². The van der Waals surface area contributed by atoms with Gasteiger partial charge in [0.1, 0.15) is 17.0 Å². The summed E-state index contributed by atoms with van der Waals surface area (Å²) < 4.78 is 0. The van der Waals surface area contributed by atoms with Crippen molar-refractivity contribution in [3.05, 3.63) is 42.7 Å². The molecule has 1 aliphatic rings. The van der Waals surface area contributed by atoms with Gasteiger partial charge in [-0.15, -0.1) is 11.3 Å². The van der Waals surface area contributed by atoms with Crippen LogP contribution in [0.15, 0.2) is 42.7 Å². The van der Waals surface area contributed by atoms with Gasteiger partial charge < -0.3 is 10.0 Å². The van der Waals surface area contributed by atoms with E-state index in [1.54, 1.807) is 17.7 Å². The Morgan fingerprint density at radius 1 is 1.22 bits per heavy atom. The number of β-amino-alcohol motifs (C(OH)–C–C–N with tert-alkyl or cyclic N) is 1. The van der Waals surface area contributed by atoms with Crippen LogP contribution < -0.4 is 4.90 Å². The Morgan fingerprint density at radius 2 is 2.04 bits per heavy atom. The minimum absolute atomic E-state index is 0.291. The molecule has 0 radical (unpaired) electrons. The van der Waals surface area contributed by atoms with Crippen LogP contribution in [0.2, 0.25) is 0 Å². The highest BCUT2D eigenvalue weighted by Gasteiger charge is 2.26. The van der Waals surface area contributed by atoms with Gasteiger partial charge in [-0.2, -0.15) is 0 Å². The zero-order chi connectivity index (χ0) is 15.8. The fourth-order valence-electron chi connectivity index (χ4n) is 3.08. The molecule has 0 saturated carbocycles. The number of thiophene rings is 1. The summed E-state index contributed by atoms with van der Waals surface area (Å²) in [6.07, 6.45) is 2.33. The summed E-state index contributed by atoms with van der Waals surface area (Å²) in [5, 5.41) is 11.3. The predicted molar refractivity (Wildman–Crippen MR) is 94.9 cm³/mol. The average Bonchev–Trinajstić information content (AvgIpc) is 3.02. The Hall–Kier alpha value is -1.98. The molecule has 4 nitrogen and oxygen atoms in total. The van der Waals surface area contributed by atoms with Gasteiger partial charge in [-0.3, -0.25) is 0 Å². The van der Waals surface area contributed by atoms with E-state index in [1.165, 1.54) is 10.4 Å². The summed E-state index contributed by atoms with van der Waals surface area (Å²) in [6.45, 7) is 3.68. The molecule has 4 rings (SSSR count). The molecule has 1 fully saturated rings. The van der Waals surface area contributed by atoms with Crippen LogP contribution in [0.4, 0.5) is 5.82 Å². The van der Waals surface area contributed by atoms with Crippen molar-refractivity contribution in [3.8, 4) is 10.4 Å². The molecule has 3 aromatic rings. The summed E-state index contributed by atoms with van der Waals surface area (Å²) in [6, 6.07) is 12.5. The van der Waals surface area contributed by atoms with Crippen LogP contribution in [0.25, 0.3) is 20.7 Å². The lowest BCUT2D eigenvalue weighted by molar-refractivity contribution is 0.103. The lowest BCUT2D eigenvalue weighted by Crippen LogP contribution is -2.43. The summed E-state index contributed by atoms with van der Waals surface area (Å²) in [4.78, 5) is 13.3. The number of piperidine rings is 1. The third-order valence-corrected chi connectivity index (χ3v) is 5.68. The molecule has 23 heavy (non-hydrogen) atoms. The summed E-state index contributed by atoms with van der Waals surface area (Å²) in [7, 11) is 0. The highest BCUT2D eigenvalue weighted by Crippen LogP contribution is 2.36. The van der Waals surface area contributed by atoms with Crippen LogP contribution in [0.3, 0.4) is 0 Å². The fourth-order valence-corrected chi connectivity index (χ4v) is 4.08. The van der Waals surface area contributed by atoms with E-state index < -0.39 is 0 Å². The van der Waals surface area contributed by atoms with Gasteiger partial charge in [-0.05, 0) is 24.0 Å². The first-order valence-corrected chi connectivity index (χ1v) is 8.77. The topological polar surface area (TPSA) is 49.2 Å². The summed E-state index contributed by atoms with van der Waals surface area (Å²) in [5.41, 5.74) is 1.20. The second-order valence-electron chi connectivity index (χ2n) is 6.17. The van der Waals surface area contributed by atoms with E-state index in [1.807, 2.05) is 6.07 Å². The molecule has 0 amide bonds. The molecule has 1 N–H and O–H groups in total. The molecular formula is C18H19N3OS. The van der Waals surface area contributed by atoms with E-state index in [0.29, 0.717) is 12.5 Å². The summed E-state index contributed by atoms with van der Waals surface area (Å²) >= 11 is 1.69. The molecule has 1 aliphatic heterocycles. The van der Waals surface area contributed by atoms with Crippen molar-refractivity contribution >= 4 is 27.4 Å². The van der Waals surface area contributed by atoms with E-state index in [0.717, 1.165) is 29.0 Å². The van der Waals surface area contributed by atoms with E-state index in [4.69, 9.17) is 0 Å². The molecule has 2 unspecified atom stereocenters. The molecule has 1 aromatic carbocycles. The second kappa shape index (κ2) is 5.91. The number of benzene rings is 1.